The van der Waals surface area contributed by atoms with E-state index in [0.717, 1.165) is 38.9 Å². The minimum atomic E-state index is 0.0873. The van der Waals surface area contributed by atoms with Crippen LogP contribution in [-0.4, -0.2) is 48.4 Å². The smallest absolute Gasteiger partial charge is 0.257 e. The molecule has 3 rings (SSSR count). The quantitative estimate of drug-likeness (QED) is 0.851. The van der Waals surface area contributed by atoms with Crippen molar-refractivity contribution in [1.29, 1.82) is 0 Å². The molecule has 4 heteroatoms. The molecule has 1 aromatic carbocycles. The number of amides is 1. The van der Waals surface area contributed by atoms with Gasteiger partial charge in [-0.3, -0.25) is 4.79 Å². The lowest BCUT2D eigenvalue weighted by Gasteiger charge is -2.37. The van der Waals surface area contributed by atoms with Crippen LogP contribution in [0.25, 0.3) is 0 Å². The monoisotopic (exact) mass is 312 g/mol. The molecule has 2 aromatic rings. The lowest BCUT2D eigenvalue weighted by atomic mass is 10.0. The van der Waals surface area contributed by atoms with E-state index in [1.807, 2.05) is 23.1 Å². The number of rotatable bonds is 5. The van der Waals surface area contributed by atoms with E-state index in [9.17, 15) is 4.79 Å². The number of carbonyl (C=O) groups is 1. The Morgan fingerprint density at radius 1 is 1.22 bits per heavy atom. The lowest BCUT2D eigenvalue weighted by molar-refractivity contribution is 0.0593. The van der Waals surface area contributed by atoms with Crippen LogP contribution < -0.4 is 0 Å². The van der Waals surface area contributed by atoms with Gasteiger partial charge < -0.3 is 14.2 Å². The van der Waals surface area contributed by atoms with Gasteiger partial charge in [-0.05, 0) is 51.0 Å². The Morgan fingerprint density at radius 3 is 2.61 bits per heavy atom. The Kier molecular flexibility index (Phi) is 5.13. The Bertz CT molecular complexity index is 602. The van der Waals surface area contributed by atoms with Gasteiger partial charge in [0.05, 0.1) is 11.8 Å². The summed E-state index contributed by atoms with van der Waals surface area (Å²) in [7, 11) is 2.14. The molecule has 4 nitrogen and oxygen atoms in total. The molecular weight excluding hydrogens is 288 g/mol. The Hall–Kier alpha value is -2.07. The normalized spacial score (nSPS) is 16.4. The van der Waals surface area contributed by atoms with E-state index in [2.05, 4.69) is 24.1 Å². The zero-order valence-electron chi connectivity index (χ0n) is 13.6. The number of benzene rings is 1. The van der Waals surface area contributed by atoms with E-state index >= 15 is 0 Å². The maximum atomic E-state index is 12.9. The summed E-state index contributed by atoms with van der Waals surface area (Å²) >= 11 is 0. The van der Waals surface area contributed by atoms with Crippen molar-refractivity contribution in [3.05, 3.63) is 60.1 Å². The SMILES string of the molecule is CN1CCC(N(CCc2ccccc2)C(=O)c2ccoc2)CC1. The van der Waals surface area contributed by atoms with E-state index in [4.69, 9.17) is 4.42 Å². The van der Waals surface area contributed by atoms with Crippen molar-refractivity contribution in [3.8, 4) is 0 Å². The lowest BCUT2D eigenvalue weighted by Crippen LogP contribution is -2.47. The van der Waals surface area contributed by atoms with Crippen molar-refractivity contribution in [3.63, 3.8) is 0 Å². The third-order valence-electron chi connectivity index (χ3n) is 4.64. The molecule has 122 valence electrons. The van der Waals surface area contributed by atoms with Crippen molar-refractivity contribution in [2.75, 3.05) is 26.7 Å². The van der Waals surface area contributed by atoms with Crippen LogP contribution in [0.3, 0.4) is 0 Å². The van der Waals surface area contributed by atoms with Crippen LogP contribution in [0.5, 0.6) is 0 Å². The van der Waals surface area contributed by atoms with E-state index in [1.165, 1.54) is 5.56 Å². The second kappa shape index (κ2) is 7.47. The highest BCUT2D eigenvalue weighted by Gasteiger charge is 2.27. The molecule has 0 aliphatic carbocycles. The van der Waals surface area contributed by atoms with Gasteiger partial charge in [-0.15, -0.1) is 0 Å². The Labute approximate surface area is 137 Å². The first-order valence-electron chi connectivity index (χ1n) is 8.29. The summed E-state index contributed by atoms with van der Waals surface area (Å²) in [6.45, 7) is 2.85. The molecule has 0 N–H and O–H groups in total. The van der Waals surface area contributed by atoms with E-state index < -0.39 is 0 Å². The summed E-state index contributed by atoms with van der Waals surface area (Å²) in [5.74, 6) is 0.0873. The number of hydrogen-bond donors (Lipinski definition) is 0. The minimum absolute atomic E-state index is 0.0873. The summed E-state index contributed by atoms with van der Waals surface area (Å²) in [6.07, 6.45) is 6.07. The fourth-order valence-corrected chi connectivity index (χ4v) is 3.20. The van der Waals surface area contributed by atoms with Gasteiger partial charge in [0.2, 0.25) is 0 Å². The van der Waals surface area contributed by atoms with Crippen LogP contribution in [0.2, 0.25) is 0 Å². The van der Waals surface area contributed by atoms with Crippen LogP contribution in [0, 0.1) is 0 Å². The highest BCUT2D eigenvalue weighted by atomic mass is 16.3. The number of likely N-dealkylation sites (tertiary alicyclic amines) is 1. The van der Waals surface area contributed by atoms with E-state index in [0.29, 0.717) is 11.6 Å². The molecule has 1 aliphatic rings. The van der Waals surface area contributed by atoms with Gasteiger partial charge in [0.15, 0.2) is 0 Å². The molecule has 0 bridgehead atoms. The second-order valence-electron chi connectivity index (χ2n) is 6.28. The first-order chi connectivity index (χ1) is 11.2. The molecule has 2 heterocycles. The van der Waals surface area contributed by atoms with Gasteiger partial charge in [0.25, 0.3) is 5.91 Å². The predicted molar refractivity (Wildman–Crippen MR) is 90.4 cm³/mol. The Balaban J connectivity index is 1.71. The van der Waals surface area contributed by atoms with Gasteiger partial charge in [-0.1, -0.05) is 30.3 Å². The summed E-state index contributed by atoms with van der Waals surface area (Å²) in [5, 5.41) is 0. The van der Waals surface area contributed by atoms with Crippen molar-refractivity contribution in [1.82, 2.24) is 9.80 Å². The summed E-state index contributed by atoms with van der Waals surface area (Å²) in [4.78, 5) is 17.2. The largest absolute Gasteiger partial charge is 0.472 e. The van der Waals surface area contributed by atoms with Gasteiger partial charge in [0.1, 0.15) is 6.26 Å². The number of piperidine rings is 1. The fraction of sp³-hybridized carbons (Fsp3) is 0.421. The van der Waals surface area contributed by atoms with Crippen molar-refractivity contribution in [2.24, 2.45) is 0 Å². The zero-order valence-corrected chi connectivity index (χ0v) is 13.6. The minimum Gasteiger partial charge on any atom is -0.472 e. The average Bonchev–Trinajstić information content (AvgIpc) is 3.12. The molecule has 23 heavy (non-hydrogen) atoms. The zero-order chi connectivity index (χ0) is 16.1. The van der Waals surface area contributed by atoms with Crippen LogP contribution in [-0.2, 0) is 6.42 Å². The van der Waals surface area contributed by atoms with Crippen LogP contribution in [0.1, 0.15) is 28.8 Å². The van der Waals surface area contributed by atoms with Crippen LogP contribution >= 0.6 is 0 Å². The highest BCUT2D eigenvalue weighted by molar-refractivity contribution is 5.94. The maximum absolute atomic E-state index is 12.9. The molecule has 1 aromatic heterocycles. The van der Waals surface area contributed by atoms with Crippen molar-refractivity contribution < 1.29 is 9.21 Å². The van der Waals surface area contributed by atoms with Crippen molar-refractivity contribution in [2.45, 2.75) is 25.3 Å². The summed E-state index contributed by atoms with van der Waals surface area (Å²) in [5.41, 5.74) is 1.92. The average molecular weight is 312 g/mol. The Morgan fingerprint density at radius 2 is 1.96 bits per heavy atom. The number of furan rings is 1. The number of carbonyl (C=O) groups excluding carboxylic acids is 1. The molecule has 0 spiro atoms. The van der Waals surface area contributed by atoms with Crippen LogP contribution in [0.15, 0.2) is 53.3 Å². The molecule has 1 amide bonds. The molecular formula is C19H24N2O2. The summed E-state index contributed by atoms with van der Waals surface area (Å²) < 4.78 is 5.10. The molecule has 1 saturated heterocycles. The second-order valence-corrected chi connectivity index (χ2v) is 6.28. The maximum Gasteiger partial charge on any atom is 0.257 e. The number of hydrogen-bond acceptors (Lipinski definition) is 3. The molecule has 0 atom stereocenters. The van der Waals surface area contributed by atoms with Gasteiger partial charge in [-0.25, -0.2) is 0 Å². The molecule has 1 aliphatic heterocycles. The van der Waals surface area contributed by atoms with Crippen molar-refractivity contribution >= 4 is 5.91 Å². The molecule has 1 fully saturated rings. The van der Waals surface area contributed by atoms with Gasteiger partial charge >= 0.3 is 0 Å². The van der Waals surface area contributed by atoms with Crippen LogP contribution in [0.4, 0.5) is 0 Å². The third kappa shape index (κ3) is 4.02. The first kappa shape index (κ1) is 15.8. The van der Waals surface area contributed by atoms with E-state index in [-0.39, 0.29) is 5.91 Å². The summed E-state index contributed by atoms with van der Waals surface area (Å²) in [6, 6.07) is 12.4. The van der Waals surface area contributed by atoms with E-state index in [1.54, 1.807) is 18.6 Å². The van der Waals surface area contributed by atoms with Gasteiger partial charge in [-0.2, -0.15) is 0 Å². The third-order valence-corrected chi connectivity index (χ3v) is 4.64. The molecule has 0 radical (unpaired) electrons. The fourth-order valence-electron chi connectivity index (χ4n) is 3.20. The predicted octanol–water partition coefficient (Wildman–Crippen LogP) is 3.06. The first-order valence-corrected chi connectivity index (χ1v) is 8.29. The highest BCUT2D eigenvalue weighted by Crippen LogP contribution is 2.19. The standard InChI is InChI=1S/C19H24N2O2/c1-20-11-8-18(9-12-20)21(19(22)17-10-14-23-15-17)13-7-16-5-3-2-4-6-16/h2-6,10,14-15,18H,7-9,11-13H2,1H3. The molecule has 0 unspecified atom stereocenters. The number of nitrogens with zero attached hydrogens (tertiary/aromatic N) is 2. The van der Waals surface area contributed by atoms with Gasteiger partial charge in [0, 0.05) is 12.6 Å². The topological polar surface area (TPSA) is 36.7 Å². The molecule has 0 saturated carbocycles.